The standard InChI is InChI=1S/C22H18Cl3F3N2O3/c1-32-11-19(31)30-9-14(10-30)12-2-4-13(5-3-12)18-8-21(33-29-18,22(26,27)28)15-6-16(23)20(25)17(24)7-15/h2-8,14,29H,9-11H2,1H3. The van der Waals surface area contributed by atoms with Gasteiger partial charge in [0.15, 0.2) is 0 Å². The largest absolute Gasteiger partial charge is 0.428 e. The molecule has 33 heavy (non-hydrogen) atoms. The molecule has 1 saturated heterocycles. The first-order valence-corrected chi connectivity index (χ1v) is 10.9. The number of nitrogens with one attached hydrogen (secondary N) is 1. The summed E-state index contributed by atoms with van der Waals surface area (Å²) in [7, 11) is 1.47. The van der Waals surface area contributed by atoms with Crippen LogP contribution in [0, 0.1) is 0 Å². The van der Waals surface area contributed by atoms with Gasteiger partial charge in [0.25, 0.3) is 0 Å². The quantitative estimate of drug-likeness (QED) is 0.524. The van der Waals surface area contributed by atoms with Crippen LogP contribution in [0.15, 0.2) is 42.5 Å². The number of halogens is 6. The van der Waals surface area contributed by atoms with Crippen LogP contribution in [0.1, 0.15) is 22.6 Å². The summed E-state index contributed by atoms with van der Waals surface area (Å²) in [4.78, 5) is 18.6. The Balaban J connectivity index is 1.58. The fourth-order valence-corrected chi connectivity index (χ4v) is 4.39. The van der Waals surface area contributed by atoms with Gasteiger partial charge >= 0.3 is 6.18 Å². The third-order valence-electron chi connectivity index (χ3n) is 5.70. The van der Waals surface area contributed by atoms with E-state index < -0.39 is 11.8 Å². The van der Waals surface area contributed by atoms with Crippen molar-refractivity contribution in [3.05, 3.63) is 74.2 Å². The molecule has 1 atom stereocenters. The van der Waals surface area contributed by atoms with E-state index in [1.165, 1.54) is 7.11 Å². The molecule has 2 aromatic rings. The number of ether oxygens (including phenoxy) is 1. The number of methoxy groups -OCH3 is 1. The highest BCUT2D eigenvalue weighted by atomic mass is 35.5. The molecule has 1 amide bonds. The summed E-state index contributed by atoms with van der Waals surface area (Å²) in [6, 6.07) is 9.22. The average Bonchev–Trinajstić information content (AvgIpc) is 3.18. The molecule has 0 aliphatic carbocycles. The lowest BCUT2D eigenvalue weighted by atomic mass is 9.89. The molecule has 1 N–H and O–H groups in total. The first-order chi connectivity index (χ1) is 15.6. The summed E-state index contributed by atoms with van der Waals surface area (Å²) in [6.07, 6.45) is -3.86. The molecular formula is C22H18Cl3F3N2O3. The molecule has 4 rings (SSSR count). The van der Waals surface area contributed by atoms with Gasteiger partial charge in [0.1, 0.15) is 6.61 Å². The number of amides is 1. The zero-order valence-corrected chi connectivity index (χ0v) is 19.4. The maximum atomic E-state index is 14.2. The lowest BCUT2D eigenvalue weighted by molar-refractivity contribution is -0.269. The molecule has 0 aromatic heterocycles. The van der Waals surface area contributed by atoms with Gasteiger partial charge in [0.05, 0.1) is 20.8 Å². The number of likely N-dealkylation sites (tertiary alicyclic amines) is 1. The fourth-order valence-electron chi connectivity index (χ4n) is 3.80. The van der Waals surface area contributed by atoms with Crippen molar-refractivity contribution in [1.82, 2.24) is 10.4 Å². The van der Waals surface area contributed by atoms with Gasteiger partial charge in [0, 0.05) is 31.7 Å². The first-order valence-electron chi connectivity index (χ1n) is 9.81. The third-order valence-corrected chi connectivity index (χ3v) is 6.90. The third kappa shape index (κ3) is 4.42. The topological polar surface area (TPSA) is 50.8 Å². The van der Waals surface area contributed by atoms with E-state index in [1.807, 2.05) is 12.1 Å². The van der Waals surface area contributed by atoms with E-state index in [-0.39, 0.29) is 44.8 Å². The Kier molecular flexibility index (Phi) is 6.59. The minimum absolute atomic E-state index is 0.0382. The van der Waals surface area contributed by atoms with E-state index in [1.54, 1.807) is 17.0 Å². The van der Waals surface area contributed by atoms with Crippen LogP contribution in [-0.4, -0.2) is 43.8 Å². The van der Waals surface area contributed by atoms with Gasteiger partial charge in [-0.05, 0) is 29.3 Å². The van der Waals surface area contributed by atoms with Gasteiger partial charge in [-0.15, -0.1) is 0 Å². The highest BCUT2D eigenvalue weighted by Gasteiger charge is 2.59. The molecule has 2 heterocycles. The van der Waals surface area contributed by atoms with E-state index in [4.69, 9.17) is 44.4 Å². The Hall–Kier alpha value is -1.97. The molecule has 0 bridgehead atoms. The lowest BCUT2D eigenvalue weighted by Gasteiger charge is -2.39. The summed E-state index contributed by atoms with van der Waals surface area (Å²) < 4.78 is 47.3. The molecule has 2 aliphatic rings. The molecule has 176 valence electrons. The smallest absolute Gasteiger partial charge is 0.375 e. The van der Waals surface area contributed by atoms with Crippen molar-refractivity contribution < 1.29 is 27.5 Å². The number of hydroxylamine groups is 1. The van der Waals surface area contributed by atoms with Gasteiger partial charge in [-0.2, -0.15) is 13.2 Å². The van der Waals surface area contributed by atoms with Gasteiger partial charge < -0.3 is 9.64 Å². The number of benzene rings is 2. The van der Waals surface area contributed by atoms with Crippen LogP contribution in [0.25, 0.3) is 5.70 Å². The van der Waals surface area contributed by atoms with Crippen LogP contribution in [0.5, 0.6) is 0 Å². The number of carbonyl (C=O) groups excluding carboxylic acids is 1. The van der Waals surface area contributed by atoms with Crippen molar-refractivity contribution in [3.8, 4) is 0 Å². The minimum atomic E-state index is -4.81. The van der Waals surface area contributed by atoms with Crippen molar-refractivity contribution >= 4 is 46.4 Å². The highest BCUT2D eigenvalue weighted by molar-refractivity contribution is 6.48. The number of hydrogen-bond donors (Lipinski definition) is 1. The normalized spacial score (nSPS) is 20.9. The SMILES string of the molecule is COCC(=O)N1CC(c2ccc(C3=CC(c4cc(Cl)c(Cl)c(Cl)c4)(C(F)(F)F)ON3)cc2)C1. The zero-order valence-electron chi connectivity index (χ0n) is 17.2. The van der Waals surface area contributed by atoms with Crippen LogP contribution in [-0.2, 0) is 20.0 Å². The number of carbonyl (C=O) groups is 1. The van der Waals surface area contributed by atoms with Crippen LogP contribution in [0.3, 0.4) is 0 Å². The number of hydrogen-bond acceptors (Lipinski definition) is 4. The predicted octanol–water partition coefficient (Wildman–Crippen LogP) is 5.55. The van der Waals surface area contributed by atoms with Gasteiger partial charge in [-0.25, -0.2) is 0 Å². The van der Waals surface area contributed by atoms with Crippen LogP contribution in [0.2, 0.25) is 15.1 Å². The Morgan fingerprint density at radius 2 is 1.79 bits per heavy atom. The molecule has 2 aromatic carbocycles. The Labute approximate surface area is 202 Å². The summed E-state index contributed by atoms with van der Waals surface area (Å²) in [5.41, 5.74) is 0.923. The summed E-state index contributed by atoms with van der Waals surface area (Å²) in [5.74, 6) is 0.0861. The summed E-state index contributed by atoms with van der Waals surface area (Å²) >= 11 is 17.8. The number of alkyl halides is 3. The highest BCUT2D eigenvalue weighted by Crippen LogP contribution is 2.49. The van der Waals surface area contributed by atoms with E-state index in [2.05, 4.69) is 5.48 Å². The Morgan fingerprint density at radius 3 is 2.33 bits per heavy atom. The molecule has 0 saturated carbocycles. The second-order valence-electron chi connectivity index (χ2n) is 7.80. The van der Waals surface area contributed by atoms with Crippen molar-refractivity contribution in [2.24, 2.45) is 0 Å². The Morgan fingerprint density at radius 1 is 1.18 bits per heavy atom. The number of rotatable bonds is 5. The van der Waals surface area contributed by atoms with Gasteiger partial charge in [-0.1, -0.05) is 59.1 Å². The van der Waals surface area contributed by atoms with E-state index >= 15 is 0 Å². The minimum Gasteiger partial charge on any atom is -0.375 e. The van der Waals surface area contributed by atoms with Crippen molar-refractivity contribution in [1.29, 1.82) is 0 Å². The molecule has 2 aliphatic heterocycles. The van der Waals surface area contributed by atoms with Gasteiger partial charge in [0.2, 0.25) is 11.5 Å². The van der Waals surface area contributed by atoms with Gasteiger partial charge in [-0.3, -0.25) is 15.1 Å². The van der Waals surface area contributed by atoms with E-state index in [0.717, 1.165) is 23.8 Å². The van der Waals surface area contributed by atoms with Crippen molar-refractivity contribution in [2.75, 3.05) is 26.8 Å². The van der Waals surface area contributed by atoms with Crippen LogP contribution < -0.4 is 5.48 Å². The molecule has 0 radical (unpaired) electrons. The molecule has 1 unspecified atom stereocenters. The van der Waals surface area contributed by atoms with Crippen molar-refractivity contribution in [3.63, 3.8) is 0 Å². The maximum absolute atomic E-state index is 14.2. The van der Waals surface area contributed by atoms with E-state index in [9.17, 15) is 18.0 Å². The second kappa shape index (κ2) is 9.00. The van der Waals surface area contributed by atoms with Crippen LogP contribution in [0.4, 0.5) is 13.2 Å². The first kappa shape index (κ1) is 24.2. The Bertz CT molecular complexity index is 1080. The monoisotopic (exact) mass is 520 g/mol. The molecule has 0 spiro atoms. The summed E-state index contributed by atoms with van der Waals surface area (Å²) in [5, 5.41) is -0.268. The fraction of sp³-hybridized carbons (Fsp3) is 0.318. The number of nitrogens with zero attached hydrogens (tertiary/aromatic N) is 1. The predicted molar refractivity (Wildman–Crippen MR) is 119 cm³/mol. The van der Waals surface area contributed by atoms with Crippen LogP contribution >= 0.6 is 34.8 Å². The molecule has 1 fully saturated rings. The second-order valence-corrected chi connectivity index (χ2v) is 8.99. The molecule has 5 nitrogen and oxygen atoms in total. The summed E-state index contributed by atoms with van der Waals surface area (Å²) in [6.45, 7) is 1.18. The maximum Gasteiger partial charge on any atom is 0.428 e. The molecular weight excluding hydrogens is 504 g/mol. The van der Waals surface area contributed by atoms with E-state index in [0.29, 0.717) is 18.7 Å². The zero-order chi connectivity index (χ0) is 24.0. The molecule has 11 heteroatoms. The average molecular weight is 522 g/mol. The van der Waals surface area contributed by atoms with Crippen molar-refractivity contribution in [2.45, 2.75) is 17.7 Å². The lowest BCUT2D eigenvalue weighted by Crippen LogP contribution is -2.49.